The van der Waals surface area contributed by atoms with Gasteiger partial charge in [0.25, 0.3) is 0 Å². The third kappa shape index (κ3) is 4.44. The summed E-state index contributed by atoms with van der Waals surface area (Å²) < 4.78 is 13.8. The van der Waals surface area contributed by atoms with Crippen LogP contribution in [0.5, 0.6) is 0 Å². The average molecular weight is 238 g/mol. The average Bonchev–Trinajstić information content (AvgIpc) is 2.27. The predicted molar refractivity (Wildman–Crippen MR) is 70.7 cm³/mol. The van der Waals surface area contributed by atoms with Crippen molar-refractivity contribution in [3.63, 3.8) is 0 Å². The van der Waals surface area contributed by atoms with Crippen LogP contribution in [0.1, 0.15) is 30.5 Å². The van der Waals surface area contributed by atoms with Crippen LogP contribution in [0.3, 0.4) is 0 Å². The van der Waals surface area contributed by atoms with Crippen molar-refractivity contribution >= 4 is 0 Å². The lowest BCUT2D eigenvalue weighted by Crippen LogP contribution is -2.32. The summed E-state index contributed by atoms with van der Waals surface area (Å²) in [5.74, 6) is -0.119. The highest BCUT2D eigenvalue weighted by atomic mass is 19.1. The molecule has 0 aliphatic heterocycles. The highest BCUT2D eigenvalue weighted by molar-refractivity contribution is 5.27. The fraction of sp³-hybridized carbons (Fsp3) is 0.571. The maximum Gasteiger partial charge on any atom is 0.128 e. The lowest BCUT2D eigenvalue weighted by Gasteiger charge is -2.23. The number of nitrogens with zero attached hydrogens (tertiary/aromatic N) is 1. The van der Waals surface area contributed by atoms with E-state index in [9.17, 15) is 4.39 Å². The topological polar surface area (TPSA) is 15.3 Å². The lowest BCUT2D eigenvalue weighted by atomic mass is 10.0. The van der Waals surface area contributed by atoms with Gasteiger partial charge in [0.2, 0.25) is 0 Å². The second-order valence-corrected chi connectivity index (χ2v) is 4.79. The molecule has 0 aliphatic rings. The predicted octanol–water partition coefficient (Wildman–Crippen LogP) is 2.74. The van der Waals surface area contributed by atoms with Crippen LogP contribution in [0.2, 0.25) is 0 Å². The van der Waals surface area contributed by atoms with Gasteiger partial charge >= 0.3 is 0 Å². The summed E-state index contributed by atoms with van der Waals surface area (Å²) in [7, 11) is 4.02. The van der Waals surface area contributed by atoms with Crippen molar-refractivity contribution in [2.75, 3.05) is 27.2 Å². The Kier molecular flexibility index (Phi) is 5.59. The Hall–Kier alpha value is -0.930. The second kappa shape index (κ2) is 6.72. The summed E-state index contributed by atoms with van der Waals surface area (Å²) in [4.78, 5) is 2.08. The molecule has 0 heterocycles. The largest absolute Gasteiger partial charge is 0.309 e. The fourth-order valence-corrected chi connectivity index (χ4v) is 1.89. The molecule has 1 N–H and O–H groups in total. The fourth-order valence-electron chi connectivity index (χ4n) is 1.89. The minimum Gasteiger partial charge on any atom is -0.309 e. The van der Waals surface area contributed by atoms with E-state index in [1.54, 1.807) is 6.07 Å². The SMILES string of the molecule is CCCNC(CN(C)C)c1cc(C)ccc1F. The van der Waals surface area contributed by atoms with Crippen LogP contribution in [0.15, 0.2) is 18.2 Å². The Bertz CT molecular complexity index is 350. The van der Waals surface area contributed by atoms with Crippen LogP contribution in [-0.2, 0) is 0 Å². The normalized spacial score (nSPS) is 13.1. The molecule has 0 bridgehead atoms. The van der Waals surface area contributed by atoms with Gasteiger partial charge in [0.05, 0.1) is 0 Å². The monoisotopic (exact) mass is 238 g/mol. The Morgan fingerprint density at radius 2 is 2.06 bits per heavy atom. The molecule has 0 spiro atoms. The number of nitrogens with one attached hydrogen (secondary N) is 1. The van der Waals surface area contributed by atoms with Gasteiger partial charge in [-0.3, -0.25) is 0 Å². The van der Waals surface area contributed by atoms with Gasteiger partial charge in [-0.15, -0.1) is 0 Å². The van der Waals surface area contributed by atoms with E-state index in [0.29, 0.717) is 0 Å². The van der Waals surface area contributed by atoms with Crippen molar-refractivity contribution in [2.45, 2.75) is 26.3 Å². The first-order chi connectivity index (χ1) is 8.04. The minimum atomic E-state index is -0.119. The van der Waals surface area contributed by atoms with Gasteiger partial charge in [0, 0.05) is 18.2 Å². The molecule has 1 aromatic rings. The van der Waals surface area contributed by atoms with E-state index in [-0.39, 0.29) is 11.9 Å². The van der Waals surface area contributed by atoms with E-state index < -0.39 is 0 Å². The number of hydrogen-bond acceptors (Lipinski definition) is 2. The molecule has 0 aliphatic carbocycles. The van der Waals surface area contributed by atoms with Gasteiger partial charge < -0.3 is 10.2 Å². The maximum absolute atomic E-state index is 13.8. The standard InChI is InChI=1S/C14H23FN2/c1-5-8-16-14(10-17(3)4)12-9-11(2)6-7-13(12)15/h6-7,9,14,16H,5,8,10H2,1-4H3. The molecular weight excluding hydrogens is 215 g/mol. The Morgan fingerprint density at radius 3 is 2.65 bits per heavy atom. The summed E-state index contributed by atoms with van der Waals surface area (Å²) in [6, 6.07) is 5.36. The molecular formula is C14H23FN2. The van der Waals surface area contributed by atoms with Crippen LogP contribution in [0.25, 0.3) is 0 Å². The van der Waals surface area contributed by atoms with Crippen molar-refractivity contribution in [1.29, 1.82) is 0 Å². The second-order valence-electron chi connectivity index (χ2n) is 4.79. The van der Waals surface area contributed by atoms with E-state index in [0.717, 1.165) is 30.6 Å². The first kappa shape index (κ1) is 14.1. The first-order valence-corrected chi connectivity index (χ1v) is 6.18. The quantitative estimate of drug-likeness (QED) is 0.820. The Morgan fingerprint density at radius 1 is 1.35 bits per heavy atom. The number of halogens is 1. The first-order valence-electron chi connectivity index (χ1n) is 6.18. The van der Waals surface area contributed by atoms with E-state index in [2.05, 4.69) is 17.1 Å². The molecule has 0 aromatic heterocycles. The number of likely N-dealkylation sites (N-methyl/N-ethyl adjacent to an activating group) is 1. The van der Waals surface area contributed by atoms with Gasteiger partial charge in [-0.2, -0.15) is 0 Å². The zero-order chi connectivity index (χ0) is 12.8. The van der Waals surface area contributed by atoms with Crippen LogP contribution in [0.4, 0.5) is 4.39 Å². The van der Waals surface area contributed by atoms with Crippen LogP contribution >= 0.6 is 0 Å². The number of rotatable bonds is 6. The number of hydrogen-bond donors (Lipinski definition) is 1. The van der Waals surface area contributed by atoms with Gasteiger partial charge in [-0.1, -0.05) is 24.6 Å². The highest BCUT2D eigenvalue weighted by Crippen LogP contribution is 2.19. The molecule has 1 unspecified atom stereocenters. The third-order valence-electron chi connectivity index (χ3n) is 2.72. The van der Waals surface area contributed by atoms with Gasteiger partial charge in [-0.05, 0) is 40.1 Å². The van der Waals surface area contributed by atoms with Crippen molar-refractivity contribution in [1.82, 2.24) is 10.2 Å². The van der Waals surface area contributed by atoms with Gasteiger partial charge in [-0.25, -0.2) is 4.39 Å². The number of benzene rings is 1. The van der Waals surface area contributed by atoms with Crippen molar-refractivity contribution < 1.29 is 4.39 Å². The maximum atomic E-state index is 13.8. The molecule has 2 nitrogen and oxygen atoms in total. The number of aryl methyl sites for hydroxylation is 1. The van der Waals surface area contributed by atoms with Crippen LogP contribution in [0, 0.1) is 12.7 Å². The van der Waals surface area contributed by atoms with Crippen molar-refractivity contribution in [2.24, 2.45) is 0 Å². The van der Waals surface area contributed by atoms with Gasteiger partial charge in [0.1, 0.15) is 5.82 Å². The highest BCUT2D eigenvalue weighted by Gasteiger charge is 2.15. The van der Waals surface area contributed by atoms with Crippen molar-refractivity contribution in [3.8, 4) is 0 Å². The summed E-state index contributed by atoms with van der Waals surface area (Å²) in [6.07, 6.45) is 1.05. The van der Waals surface area contributed by atoms with Crippen molar-refractivity contribution in [3.05, 3.63) is 35.1 Å². The molecule has 96 valence electrons. The smallest absolute Gasteiger partial charge is 0.128 e. The summed E-state index contributed by atoms with van der Waals surface area (Å²) >= 11 is 0. The molecule has 1 atom stereocenters. The van der Waals surface area contributed by atoms with Gasteiger partial charge in [0.15, 0.2) is 0 Å². The molecule has 0 saturated heterocycles. The van der Waals surface area contributed by atoms with E-state index in [4.69, 9.17) is 0 Å². The molecule has 17 heavy (non-hydrogen) atoms. The minimum absolute atomic E-state index is 0.0600. The molecule has 1 aromatic carbocycles. The Balaban J connectivity index is 2.90. The molecule has 0 saturated carbocycles. The molecule has 1 rings (SSSR count). The lowest BCUT2D eigenvalue weighted by molar-refractivity contribution is 0.336. The summed E-state index contributed by atoms with van der Waals surface area (Å²) in [5, 5.41) is 3.40. The van der Waals surface area contributed by atoms with Crippen LogP contribution in [-0.4, -0.2) is 32.1 Å². The Labute approximate surface area is 104 Å². The van der Waals surface area contributed by atoms with E-state index in [1.165, 1.54) is 0 Å². The zero-order valence-electron chi connectivity index (χ0n) is 11.3. The third-order valence-corrected chi connectivity index (χ3v) is 2.72. The molecule has 0 amide bonds. The molecule has 0 fully saturated rings. The van der Waals surface area contributed by atoms with E-state index in [1.807, 2.05) is 33.2 Å². The molecule has 0 radical (unpaired) electrons. The summed E-state index contributed by atoms with van der Waals surface area (Å²) in [6.45, 7) is 5.83. The zero-order valence-corrected chi connectivity index (χ0v) is 11.3. The van der Waals surface area contributed by atoms with E-state index >= 15 is 0 Å². The summed E-state index contributed by atoms with van der Waals surface area (Å²) in [5.41, 5.74) is 1.87. The molecule has 3 heteroatoms. The van der Waals surface area contributed by atoms with Crippen LogP contribution < -0.4 is 5.32 Å².